The molecule has 0 aliphatic heterocycles. The summed E-state index contributed by atoms with van der Waals surface area (Å²) in [5.74, 6) is -1.49. The maximum Gasteiger partial charge on any atom is 0.472 e. The van der Waals surface area contributed by atoms with Gasteiger partial charge in [-0.2, -0.15) is 0 Å². The molecule has 3 unspecified atom stereocenters. The Balaban J connectivity index is 4.71. The summed E-state index contributed by atoms with van der Waals surface area (Å²) in [7, 11) is -4.76. The van der Waals surface area contributed by atoms with E-state index in [2.05, 4.69) is 93.7 Å². The van der Waals surface area contributed by atoms with Gasteiger partial charge >= 0.3 is 25.7 Å². The van der Waals surface area contributed by atoms with E-state index in [0.717, 1.165) is 116 Å². The number of hydrogen-bond donors (Lipinski definition) is 2. The SMILES string of the molecule is CC/C=C\C/C=C\C/C=C\CCCCCCCC(=O)OC(CO)COP(=O)(O)OCC(COC(=O)CCCCCCC/C=C\C/C=C\CCC)OC(=O)CCCCCCCCCCC/C=C\CCCCCCCC. The van der Waals surface area contributed by atoms with Crippen LogP contribution in [-0.2, 0) is 42.2 Å². The van der Waals surface area contributed by atoms with Crippen LogP contribution in [0.3, 0.4) is 0 Å². The lowest BCUT2D eigenvalue weighted by molar-refractivity contribution is -0.161. The smallest absolute Gasteiger partial charge is 0.462 e. The molecular formula is C62H109O11P. The van der Waals surface area contributed by atoms with Crippen LogP contribution in [0.5, 0.6) is 0 Å². The number of esters is 3. The molecule has 0 aromatic rings. The number of allylic oxidation sites excluding steroid dienone is 12. The molecule has 0 aliphatic rings. The maximum atomic E-state index is 12.9. The fraction of sp³-hybridized carbons (Fsp3) is 0.758. The molecule has 428 valence electrons. The summed E-state index contributed by atoms with van der Waals surface area (Å²) in [5.41, 5.74) is 0. The van der Waals surface area contributed by atoms with Crippen molar-refractivity contribution < 1.29 is 52.2 Å². The molecule has 0 spiro atoms. The molecule has 0 aliphatic carbocycles. The number of phosphoric ester groups is 1. The third-order valence-electron chi connectivity index (χ3n) is 12.6. The number of rotatable bonds is 55. The predicted octanol–water partition coefficient (Wildman–Crippen LogP) is 17.7. The number of hydrogen-bond acceptors (Lipinski definition) is 10. The van der Waals surface area contributed by atoms with Crippen molar-refractivity contribution in [1.82, 2.24) is 0 Å². The van der Waals surface area contributed by atoms with Crippen LogP contribution in [0, 0.1) is 0 Å². The zero-order chi connectivity index (χ0) is 54.1. The standard InChI is InChI=1S/C62H109O11P/c1-4-7-10-13-16-19-22-25-27-28-29-30-32-35-38-41-44-47-50-53-62(66)73-59(55-69-60(64)51-48-45-42-39-36-33-24-21-18-15-12-9-6-3)57-71-74(67,68)70-56-58(54-63)72-61(65)52-49-46-43-40-37-34-31-26-23-20-17-14-11-8-5-2/h8,11-12,15,17,20-21,24-27,31,58-59,63H,4-7,9-10,13-14,16,18-19,22-23,28-30,32-57H2,1-3H3,(H,67,68)/b11-8-,15-12-,20-17-,24-21-,27-25-,31-26-. The summed E-state index contributed by atoms with van der Waals surface area (Å²) < 4.78 is 39.5. The van der Waals surface area contributed by atoms with Gasteiger partial charge in [0.2, 0.25) is 0 Å². The first kappa shape index (κ1) is 70.9. The van der Waals surface area contributed by atoms with Crippen LogP contribution in [-0.4, -0.2) is 66.5 Å². The van der Waals surface area contributed by atoms with Crippen LogP contribution in [0.2, 0.25) is 0 Å². The first-order valence-corrected chi connectivity index (χ1v) is 31.3. The highest BCUT2D eigenvalue weighted by Crippen LogP contribution is 2.43. The Morgan fingerprint density at radius 2 is 0.730 bits per heavy atom. The van der Waals surface area contributed by atoms with E-state index in [1.807, 2.05) is 0 Å². The molecule has 0 aromatic carbocycles. The highest BCUT2D eigenvalue weighted by Gasteiger charge is 2.28. The second-order valence-electron chi connectivity index (χ2n) is 19.8. The number of phosphoric acid groups is 1. The minimum Gasteiger partial charge on any atom is -0.462 e. The molecule has 0 saturated heterocycles. The quantitative estimate of drug-likeness (QED) is 0.0197. The molecule has 0 aromatic heterocycles. The molecule has 12 heteroatoms. The highest BCUT2D eigenvalue weighted by atomic mass is 31.2. The van der Waals surface area contributed by atoms with E-state index >= 15 is 0 Å². The van der Waals surface area contributed by atoms with Crippen molar-refractivity contribution in [2.24, 2.45) is 0 Å². The number of aliphatic hydroxyl groups excluding tert-OH is 1. The van der Waals surface area contributed by atoms with Crippen LogP contribution >= 0.6 is 7.82 Å². The fourth-order valence-electron chi connectivity index (χ4n) is 8.05. The zero-order valence-corrected chi connectivity index (χ0v) is 48.2. The summed E-state index contributed by atoms with van der Waals surface area (Å²) >= 11 is 0. The van der Waals surface area contributed by atoms with Gasteiger partial charge < -0.3 is 24.2 Å². The second-order valence-corrected chi connectivity index (χ2v) is 21.2. The molecule has 0 amide bonds. The summed E-state index contributed by atoms with van der Waals surface area (Å²) in [5, 5.41) is 9.82. The van der Waals surface area contributed by atoms with Crippen LogP contribution in [0.25, 0.3) is 0 Å². The molecule has 0 radical (unpaired) electrons. The van der Waals surface area contributed by atoms with Crippen LogP contribution in [0.1, 0.15) is 265 Å². The minimum atomic E-state index is -4.76. The Morgan fingerprint density at radius 1 is 0.392 bits per heavy atom. The molecule has 0 heterocycles. The van der Waals surface area contributed by atoms with Crippen molar-refractivity contribution in [3.63, 3.8) is 0 Å². The van der Waals surface area contributed by atoms with E-state index in [0.29, 0.717) is 19.3 Å². The highest BCUT2D eigenvalue weighted by molar-refractivity contribution is 7.47. The number of carbonyl (C=O) groups is 3. The van der Waals surface area contributed by atoms with E-state index in [4.69, 9.17) is 23.3 Å². The Hall–Kier alpha value is -3.08. The van der Waals surface area contributed by atoms with Gasteiger partial charge in [-0.3, -0.25) is 23.4 Å². The summed E-state index contributed by atoms with van der Waals surface area (Å²) in [6.07, 6.45) is 62.9. The summed E-state index contributed by atoms with van der Waals surface area (Å²) in [6, 6.07) is 0. The van der Waals surface area contributed by atoms with Crippen LogP contribution in [0.15, 0.2) is 72.9 Å². The van der Waals surface area contributed by atoms with Crippen molar-refractivity contribution in [2.45, 2.75) is 277 Å². The Morgan fingerprint density at radius 3 is 1.15 bits per heavy atom. The Kier molecular flexibility index (Phi) is 53.8. The molecule has 0 saturated carbocycles. The van der Waals surface area contributed by atoms with Gasteiger partial charge in [-0.25, -0.2) is 4.57 Å². The van der Waals surface area contributed by atoms with Crippen molar-refractivity contribution in [3.8, 4) is 0 Å². The molecule has 3 atom stereocenters. The third-order valence-corrected chi connectivity index (χ3v) is 13.5. The maximum absolute atomic E-state index is 12.9. The number of aliphatic hydroxyl groups is 1. The second kappa shape index (κ2) is 56.1. The first-order valence-electron chi connectivity index (χ1n) is 29.8. The average molecular weight is 1060 g/mol. The summed E-state index contributed by atoms with van der Waals surface area (Å²) in [4.78, 5) is 48.6. The zero-order valence-electron chi connectivity index (χ0n) is 47.3. The van der Waals surface area contributed by atoms with Crippen molar-refractivity contribution in [1.29, 1.82) is 0 Å². The normalized spacial score (nSPS) is 13.9. The van der Waals surface area contributed by atoms with Crippen molar-refractivity contribution in [2.75, 3.05) is 26.4 Å². The molecule has 11 nitrogen and oxygen atoms in total. The topological polar surface area (TPSA) is 155 Å². The van der Waals surface area contributed by atoms with E-state index in [1.54, 1.807) is 0 Å². The largest absolute Gasteiger partial charge is 0.472 e. The lowest BCUT2D eigenvalue weighted by atomic mass is 10.1. The van der Waals surface area contributed by atoms with Crippen LogP contribution < -0.4 is 0 Å². The van der Waals surface area contributed by atoms with Gasteiger partial charge in [0, 0.05) is 19.3 Å². The van der Waals surface area contributed by atoms with E-state index < -0.39 is 57.8 Å². The van der Waals surface area contributed by atoms with Gasteiger partial charge in [0.25, 0.3) is 0 Å². The third kappa shape index (κ3) is 53.7. The monoisotopic (exact) mass is 1060 g/mol. The lowest BCUT2D eigenvalue weighted by Crippen LogP contribution is -2.30. The number of carbonyl (C=O) groups excluding carboxylic acids is 3. The Labute approximate surface area is 452 Å². The van der Waals surface area contributed by atoms with E-state index in [1.165, 1.54) is 89.9 Å². The molecule has 0 rings (SSSR count). The van der Waals surface area contributed by atoms with Gasteiger partial charge in [-0.05, 0) is 103 Å². The van der Waals surface area contributed by atoms with Crippen molar-refractivity contribution in [3.05, 3.63) is 72.9 Å². The fourth-order valence-corrected chi connectivity index (χ4v) is 8.83. The predicted molar refractivity (Wildman–Crippen MR) is 307 cm³/mol. The van der Waals surface area contributed by atoms with Gasteiger partial charge in [0.15, 0.2) is 6.10 Å². The molecule has 2 N–H and O–H groups in total. The van der Waals surface area contributed by atoms with E-state index in [9.17, 15) is 28.9 Å². The number of unbranched alkanes of at least 4 members (excludes halogenated alkanes) is 26. The van der Waals surface area contributed by atoms with Crippen molar-refractivity contribution >= 4 is 25.7 Å². The Bertz CT molecular complexity index is 1520. The molecule has 0 fully saturated rings. The van der Waals surface area contributed by atoms with Gasteiger partial charge in [-0.1, -0.05) is 216 Å². The van der Waals surface area contributed by atoms with Gasteiger partial charge in [-0.15, -0.1) is 0 Å². The molecule has 0 bridgehead atoms. The van der Waals surface area contributed by atoms with E-state index in [-0.39, 0.29) is 25.9 Å². The minimum absolute atomic E-state index is 0.155. The average Bonchev–Trinajstić information content (AvgIpc) is 3.39. The number of ether oxygens (including phenoxy) is 3. The molecule has 74 heavy (non-hydrogen) atoms. The first-order chi connectivity index (χ1) is 36.2. The van der Waals surface area contributed by atoms with Crippen LogP contribution in [0.4, 0.5) is 0 Å². The van der Waals surface area contributed by atoms with Gasteiger partial charge in [0.05, 0.1) is 19.8 Å². The van der Waals surface area contributed by atoms with Gasteiger partial charge in [0.1, 0.15) is 12.7 Å². The molecular weight excluding hydrogens is 952 g/mol. The summed E-state index contributed by atoms with van der Waals surface area (Å²) in [6.45, 7) is 4.45. The lowest BCUT2D eigenvalue weighted by Gasteiger charge is -2.21.